The molecule has 0 rings (SSSR count). The molecule has 5 heteroatoms. The maximum atomic E-state index is 11.2. The highest BCUT2D eigenvalue weighted by molar-refractivity contribution is 7.91. The predicted octanol–water partition coefficient (Wildman–Crippen LogP) is 0.351. The van der Waals surface area contributed by atoms with Crippen LogP contribution in [0.3, 0.4) is 0 Å². The van der Waals surface area contributed by atoms with Crippen LogP contribution in [0.1, 0.15) is 20.3 Å². The molecule has 0 saturated heterocycles. The van der Waals surface area contributed by atoms with Gasteiger partial charge in [-0.1, -0.05) is 6.92 Å². The largest absolute Gasteiger partial charge is 0.315 e. The molecule has 0 aliphatic heterocycles. The van der Waals surface area contributed by atoms with Crippen LogP contribution in [0.2, 0.25) is 0 Å². The second kappa shape index (κ2) is 7.19. The van der Waals surface area contributed by atoms with Gasteiger partial charge in [0.25, 0.3) is 0 Å². The van der Waals surface area contributed by atoms with E-state index in [-0.39, 0.29) is 5.75 Å². The first-order chi connectivity index (χ1) is 6.89. The smallest absolute Gasteiger partial charge is 0.150 e. The van der Waals surface area contributed by atoms with Gasteiger partial charge in [-0.2, -0.15) is 0 Å². The second-order valence-corrected chi connectivity index (χ2v) is 6.58. The molecule has 0 aliphatic rings. The molecule has 92 valence electrons. The van der Waals surface area contributed by atoms with Crippen molar-refractivity contribution in [2.45, 2.75) is 26.3 Å². The molecular formula is C10H24N2O2S. The lowest BCUT2D eigenvalue weighted by Crippen LogP contribution is -2.36. The summed E-state index contributed by atoms with van der Waals surface area (Å²) in [4.78, 5) is 2.13. The molecule has 0 bridgehead atoms. The minimum atomic E-state index is -2.79. The third-order valence-corrected chi connectivity index (χ3v) is 4.36. The first-order valence-electron chi connectivity index (χ1n) is 5.46. The third kappa shape index (κ3) is 7.76. The SMILES string of the molecule is CCS(=O)(=O)CCCNCC(C)N(C)C. The Labute approximate surface area is 94.0 Å². The van der Waals surface area contributed by atoms with Crippen LogP contribution in [0, 0.1) is 0 Å². The summed E-state index contributed by atoms with van der Waals surface area (Å²) in [5, 5.41) is 3.26. The Bertz CT molecular complexity index is 250. The zero-order chi connectivity index (χ0) is 11.9. The molecule has 1 unspecified atom stereocenters. The van der Waals surface area contributed by atoms with E-state index in [0.717, 1.165) is 13.1 Å². The Balaban J connectivity index is 3.49. The quantitative estimate of drug-likeness (QED) is 0.618. The Hall–Kier alpha value is -0.130. The first-order valence-corrected chi connectivity index (χ1v) is 7.28. The topological polar surface area (TPSA) is 49.4 Å². The summed E-state index contributed by atoms with van der Waals surface area (Å²) in [5.74, 6) is 0.550. The summed E-state index contributed by atoms with van der Waals surface area (Å²) in [5.41, 5.74) is 0. The molecule has 1 N–H and O–H groups in total. The summed E-state index contributed by atoms with van der Waals surface area (Å²) in [6.45, 7) is 5.50. The van der Waals surface area contributed by atoms with E-state index in [1.807, 2.05) is 14.1 Å². The van der Waals surface area contributed by atoms with Crippen molar-refractivity contribution >= 4 is 9.84 Å². The van der Waals surface area contributed by atoms with Crippen molar-refractivity contribution in [1.29, 1.82) is 0 Å². The fourth-order valence-corrected chi connectivity index (χ4v) is 1.93. The van der Waals surface area contributed by atoms with Crippen molar-refractivity contribution in [1.82, 2.24) is 10.2 Å². The van der Waals surface area contributed by atoms with Gasteiger partial charge in [-0.15, -0.1) is 0 Å². The summed E-state index contributed by atoms with van der Waals surface area (Å²) >= 11 is 0. The van der Waals surface area contributed by atoms with E-state index in [2.05, 4.69) is 17.1 Å². The minimum absolute atomic E-state index is 0.251. The van der Waals surface area contributed by atoms with E-state index >= 15 is 0 Å². The van der Waals surface area contributed by atoms with Crippen molar-refractivity contribution in [2.75, 3.05) is 38.7 Å². The summed E-state index contributed by atoms with van der Waals surface area (Å²) in [7, 11) is 1.28. The minimum Gasteiger partial charge on any atom is -0.315 e. The zero-order valence-corrected chi connectivity index (χ0v) is 11.1. The standard InChI is InChI=1S/C10H24N2O2S/c1-5-15(13,14)8-6-7-11-9-10(2)12(3)4/h10-11H,5-9H2,1-4H3. The van der Waals surface area contributed by atoms with Crippen LogP contribution in [0.5, 0.6) is 0 Å². The molecular weight excluding hydrogens is 212 g/mol. The summed E-state index contributed by atoms with van der Waals surface area (Å²) < 4.78 is 22.3. The van der Waals surface area contributed by atoms with Gasteiger partial charge in [-0.3, -0.25) is 0 Å². The molecule has 0 saturated carbocycles. The molecule has 0 aliphatic carbocycles. The van der Waals surface area contributed by atoms with E-state index in [0.29, 0.717) is 18.2 Å². The number of likely N-dealkylation sites (N-methyl/N-ethyl adjacent to an activating group) is 1. The monoisotopic (exact) mass is 236 g/mol. The van der Waals surface area contributed by atoms with Crippen molar-refractivity contribution in [2.24, 2.45) is 0 Å². The highest BCUT2D eigenvalue weighted by Gasteiger charge is 2.07. The van der Waals surface area contributed by atoms with Gasteiger partial charge in [0.15, 0.2) is 0 Å². The van der Waals surface area contributed by atoms with E-state index in [1.54, 1.807) is 6.92 Å². The van der Waals surface area contributed by atoms with Gasteiger partial charge < -0.3 is 10.2 Å². The van der Waals surface area contributed by atoms with Gasteiger partial charge in [-0.05, 0) is 34.0 Å². The van der Waals surface area contributed by atoms with Gasteiger partial charge >= 0.3 is 0 Å². The van der Waals surface area contributed by atoms with Crippen molar-refractivity contribution in [3.8, 4) is 0 Å². The maximum Gasteiger partial charge on any atom is 0.150 e. The van der Waals surface area contributed by atoms with Gasteiger partial charge in [0.2, 0.25) is 0 Å². The molecule has 0 radical (unpaired) electrons. The van der Waals surface area contributed by atoms with Crippen LogP contribution in [0.25, 0.3) is 0 Å². The van der Waals surface area contributed by atoms with Crippen LogP contribution in [-0.4, -0.2) is 58.1 Å². The van der Waals surface area contributed by atoms with Crippen LogP contribution in [0.4, 0.5) is 0 Å². The fraction of sp³-hybridized carbons (Fsp3) is 1.00. The Morgan fingerprint density at radius 1 is 1.33 bits per heavy atom. The van der Waals surface area contributed by atoms with Crippen molar-refractivity contribution < 1.29 is 8.42 Å². The van der Waals surface area contributed by atoms with Crippen LogP contribution >= 0.6 is 0 Å². The molecule has 1 atom stereocenters. The molecule has 0 aromatic heterocycles. The van der Waals surface area contributed by atoms with E-state index in [9.17, 15) is 8.42 Å². The molecule has 0 amide bonds. The highest BCUT2D eigenvalue weighted by atomic mass is 32.2. The van der Waals surface area contributed by atoms with Gasteiger partial charge in [0.1, 0.15) is 9.84 Å². The number of nitrogens with zero attached hydrogens (tertiary/aromatic N) is 1. The van der Waals surface area contributed by atoms with E-state index in [4.69, 9.17) is 0 Å². The normalized spacial score (nSPS) is 14.5. The van der Waals surface area contributed by atoms with Crippen LogP contribution < -0.4 is 5.32 Å². The number of sulfone groups is 1. The number of rotatable bonds is 8. The molecule has 0 aromatic carbocycles. The lowest BCUT2D eigenvalue weighted by Gasteiger charge is -2.19. The van der Waals surface area contributed by atoms with Crippen LogP contribution in [-0.2, 0) is 9.84 Å². The summed E-state index contributed by atoms with van der Waals surface area (Å²) in [6, 6.07) is 0.479. The fourth-order valence-electron chi connectivity index (χ4n) is 1.05. The van der Waals surface area contributed by atoms with Crippen molar-refractivity contribution in [3.05, 3.63) is 0 Å². The van der Waals surface area contributed by atoms with E-state index < -0.39 is 9.84 Å². The third-order valence-electron chi connectivity index (χ3n) is 2.57. The maximum absolute atomic E-state index is 11.2. The average Bonchev–Trinajstić information content (AvgIpc) is 2.16. The van der Waals surface area contributed by atoms with Gasteiger partial charge in [0, 0.05) is 18.3 Å². The highest BCUT2D eigenvalue weighted by Crippen LogP contribution is 1.93. The van der Waals surface area contributed by atoms with Gasteiger partial charge in [-0.25, -0.2) is 8.42 Å². The molecule has 0 fully saturated rings. The number of nitrogens with one attached hydrogen (secondary N) is 1. The first kappa shape index (κ1) is 14.9. The molecule has 0 heterocycles. The van der Waals surface area contributed by atoms with Crippen LogP contribution in [0.15, 0.2) is 0 Å². The van der Waals surface area contributed by atoms with E-state index in [1.165, 1.54) is 0 Å². The lowest BCUT2D eigenvalue weighted by molar-refractivity contribution is 0.303. The predicted molar refractivity (Wildman–Crippen MR) is 65.0 cm³/mol. The lowest BCUT2D eigenvalue weighted by atomic mass is 10.3. The molecule has 4 nitrogen and oxygen atoms in total. The zero-order valence-electron chi connectivity index (χ0n) is 10.3. The molecule has 0 spiro atoms. The number of hydrogen-bond donors (Lipinski definition) is 1. The van der Waals surface area contributed by atoms with Gasteiger partial charge in [0.05, 0.1) is 5.75 Å². The number of hydrogen-bond acceptors (Lipinski definition) is 4. The Morgan fingerprint density at radius 2 is 1.93 bits per heavy atom. The second-order valence-electron chi connectivity index (χ2n) is 4.11. The molecule has 15 heavy (non-hydrogen) atoms. The Kier molecular flexibility index (Phi) is 7.13. The molecule has 0 aromatic rings. The average molecular weight is 236 g/mol. The Morgan fingerprint density at radius 3 is 2.40 bits per heavy atom. The van der Waals surface area contributed by atoms with Crippen molar-refractivity contribution in [3.63, 3.8) is 0 Å². The summed E-state index contributed by atoms with van der Waals surface area (Å²) in [6.07, 6.45) is 0.705.